The van der Waals surface area contributed by atoms with Crippen LogP contribution in [0.15, 0.2) is 11.5 Å². The van der Waals surface area contributed by atoms with Crippen LogP contribution in [0.2, 0.25) is 0 Å². The molecule has 0 aliphatic carbocycles. The first kappa shape index (κ1) is 18.3. The van der Waals surface area contributed by atoms with E-state index in [2.05, 4.69) is 4.74 Å². The zero-order valence-corrected chi connectivity index (χ0v) is 13.5. The number of rotatable bonds is 5. The minimum atomic E-state index is -1.46. The molecule has 126 valence electrons. The van der Waals surface area contributed by atoms with E-state index in [9.17, 15) is 19.8 Å². The van der Waals surface area contributed by atoms with Crippen LogP contribution in [0.25, 0.3) is 0 Å². The first-order chi connectivity index (χ1) is 9.85. The van der Waals surface area contributed by atoms with E-state index in [1.165, 1.54) is 0 Å². The van der Waals surface area contributed by atoms with E-state index >= 15 is 0 Å². The second-order valence-electron chi connectivity index (χ2n) is 7.35. The van der Waals surface area contributed by atoms with E-state index in [-0.39, 0.29) is 5.41 Å². The number of aliphatic hydroxyl groups excluding tert-OH is 3. The third-order valence-corrected chi connectivity index (χ3v) is 3.20. The smallest absolute Gasteiger partial charge is 0.377 e. The summed E-state index contributed by atoms with van der Waals surface area (Å²) in [6.45, 7) is 9.03. The number of carbonyl (C=O) groups excluding carboxylic acids is 2. The second-order valence-corrected chi connectivity index (χ2v) is 7.35. The lowest BCUT2D eigenvalue weighted by molar-refractivity contribution is -0.163. The lowest BCUT2D eigenvalue weighted by Gasteiger charge is -2.30. The SMILES string of the molecule is CC(C)(C)CC(C)(C)C(=O)OC[C@H](O)[C@H]1OC(=O)C(O)=C1O. The minimum Gasteiger partial charge on any atom is -0.505 e. The molecular formula is C15H24O7. The number of esters is 2. The Morgan fingerprint density at radius 1 is 1.27 bits per heavy atom. The Balaban J connectivity index is 2.60. The normalized spacial score (nSPS) is 20.8. The van der Waals surface area contributed by atoms with Crippen LogP contribution in [-0.2, 0) is 19.1 Å². The molecule has 0 unspecified atom stereocenters. The van der Waals surface area contributed by atoms with Crippen LogP contribution in [0.3, 0.4) is 0 Å². The molecule has 0 bridgehead atoms. The molecule has 1 aliphatic heterocycles. The van der Waals surface area contributed by atoms with Gasteiger partial charge in [0.25, 0.3) is 0 Å². The number of carbonyl (C=O) groups is 2. The van der Waals surface area contributed by atoms with E-state index in [1.807, 2.05) is 20.8 Å². The zero-order valence-electron chi connectivity index (χ0n) is 13.5. The molecule has 0 aromatic carbocycles. The Labute approximate surface area is 129 Å². The fourth-order valence-corrected chi connectivity index (χ4v) is 2.57. The Hall–Kier alpha value is -1.76. The molecule has 1 heterocycles. The average Bonchev–Trinajstić information content (AvgIpc) is 2.60. The highest BCUT2D eigenvalue weighted by Crippen LogP contribution is 2.34. The van der Waals surface area contributed by atoms with Gasteiger partial charge in [-0.1, -0.05) is 20.8 Å². The van der Waals surface area contributed by atoms with Crippen molar-refractivity contribution in [3.8, 4) is 0 Å². The topological polar surface area (TPSA) is 113 Å². The first-order valence-corrected chi connectivity index (χ1v) is 7.03. The number of hydrogen-bond acceptors (Lipinski definition) is 7. The molecule has 0 aromatic rings. The quantitative estimate of drug-likeness (QED) is 0.660. The number of cyclic esters (lactones) is 1. The molecule has 0 saturated heterocycles. The van der Waals surface area contributed by atoms with Gasteiger partial charge in [0.1, 0.15) is 12.7 Å². The zero-order chi connectivity index (χ0) is 17.3. The summed E-state index contributed by atoms with van der Waals surface area (Å²) < 4.78 is 9.64. The molecule has 22 heavy (non-hydrogen) atoms. The standard InChI is InChI=1S/C15H24O7/c1-14(2,3)7-15(4,5)13(20)21-6-8(16)11-9(17)10(18)12(19)22-11/h8,11,16-18H,6-7H2,1-5H3/t8-,11+/m0/s1. The molecule has 2 atom stereocenters. The summed E-state index contributed by atoms with van der Waals surface area (Å²) in [6, 6.07) is 0. The molecule has 0 spiro atoms. The van der Waals surface area contributed by atoms with Gasteiger partial charge in [0.15, 0.2) is 11.9 Å². The van der Waals surface area contributed by atoms with Gasteiger partial charge in [-0.25, -0.2) is 4.79 Å². The maximum atomic E-state index is 12.1. The van der Waals surface area contributed by atoms with Gasteiger partial charge >= 0.3 is 11.9 Å². The Morgan fingerprint density at radius 3 is 2.23 bits per heavy atom. The van der Waals surface area contributed by atoms with Crippen LogP contribution >= 0.6 is 0 Å². The predicted molar refractivity (Wildman–Crippen MR) is 77.0 cm³/mol. The highest BCUT2D eigenvalue weighted by Gasteiger charge is 2.40. The van der Waals surface area contributed by atoms with Crippen molar-refractivity contribution < 1.29 is 34.4 Å². The maximum Gasteiger partial charge on any atom is 0.377 e. The third-order valence-electron chi connectivity index (χ3n) is 3.20. The molecule has 0 radical (unpaired) electrons. The number of ether oxygens (including phenoxy) is 2. The molecule has 0 amide bonds. The predicted octanol–water partition coefficient (Wildman–Crippen LogP) is 1.61. The van der Waals surface area contributed by atoms with Gasteiger partial charge in [0, 0.05) is 0 Å². The summed E-state index contributed by atoms with van der Waals surface area (Å²) in [5, 5.41) is 28.5. The lowest BCUT2D eigenvalue weighted by atomic mass is 9.76. The van der Waals surface area contributed by atoms with Crippen LogP contribution in [0.4, 0.5) is 0 Å². The monoisotopic (exact) mass is 316 g/mol. The van der Waals surface area contributed by atoms with Crippen molar-refractivity contribution in [3.63, 3.8) is 0 Å². The van der Waals surface area contributed by atoms with Gasteiger partial charge in [-0.05, 0) is 25.7 Å². The van der Waals surface area contributed by atoms with E-state index < -0.39 is 47.7 Å². The molecule has 3 N–H and O–H groups in total. The van der Waals surface area contributed by atoms with E-state index in [1.54, 1.807) is 13.8 Å². The summed E-state index contributed by atoms with van der Waals surface area (Å²) in [6.07, 6.45) is -2.30. The van der Waals surface area contributed by atoms with Crippen LogP contribution in [-0.4, -0.2) is 46.1 Å². The number of aliphatic hydroxyl groups is 3. The van der Waals surface area contributed by atoms with Crippen molar-refractivity contribution in [2.75, 3.05) is 6.61 Å². The van der Waals surface area contributed by atoms with Gasteiger partial charge in [-0.2, -0.15) is 0 Å². The lowest BCUT2D eigenvalue weighted by Crippen LogP contribution is -2.37. The molecular weight excluding hydrogens is 292 g/mol. The first-order valence-electron chi connectivity index (χ1n) is 7.03. The van der Waals surface area contributed by atoms with Gasteiger partial charge in [0.05, 0.1) is 5.41 Å². The number of hydrogen-bond donors (Lipinski definition) is 3. The van der Waals surface area contributed by atoms with Crippen LogP contribution in [0.5, 0.6) is 0 Å². The average molecular weight is 316 g/mol. The molecule has 1 aliphatic rings. The van der Waals surface area contributed by atoms with Gasteiger partial charge in [0.2, 0.25) is 5.76 Å². The van der Waals surface area contributed by atoms with Crippen molar-refractivity contribution in [1.82, 2.24) is 0 Å². The van der Waals surface area contributed by atoms with E-state index in [4.69, 9.17) is 9.84 Å². The Kier molecular flexibility index (Phi) is 5.12. The van der Waals surface area contributed by atoms with E-state index in [0.29, 0.717) is 6.42 Å². The summed E-state index contributed by atoms with van der Waals surface area (Å²) in [7, 11) is 0. The highest BCUT2D eigenvalue weighted by molar-refractivity contribution is 5.89. The largest absolute Gasteiger partial charge is 0.505 e. The van der Waals surface area contributed by atoms with Gasteiger partial charge in [-0.3, -0.25) is 4.79 Å². The fourth-order valence-electron chi connectivity index (χ4n) is 2.57. The fraction of sp³-hybridized carbons (Fsp3) is 0.733. The molecule has 7 heteroatoms. The summed E-state index contributed by atoms with van der Waals surface area (Å²) in [4.78, 5) is 23.2. The summed E-state index contributed by atoms with van der Waals surface area (Å²) in [5.41, 5.74) is -0.820. The highest BCUT2D eigenvalue weighted by atomic mass is 16.6. The summed E-state index contributed by atoms with van der Waals surface area (Å²) >= 11 is 0. The minimum absolute atomic E-state index is 0.0745. The Morgan fingerprint density at radius 2 is 1.82 bits per heavy atom. The van der Waals surface area contributed by atoms with Crippen molar-refractivity contribution in [2.24, 2.45) is 10.8 Å². The molecule has 0 saturated carbocycles. The molecule has 0 fully saturated rings. The molecule has 1 rings (SSSR count). The van der Waals surface area contributed by atoms with Crippen molar-refractivity contribution in [2.45, 2.75) is 53.2 Å². The Bertz CT molecular complexity index is 485. The van der Waals surface area contributed by atoms with E-state index in [0.717, 1.165) is 0 Å². The second kappa shape index (κ2) is 6.16. The third kappa shape index (κ3) is 4.37. The van der Waals surface area contributed by atoms with Gasteiger partial charge < -0.3 is 24.8 Å². The molecule has 0 aromatic heterocycles. The van der Waals surface area contributed by atoms with Gasteiger partial charge in [-0.15, -0.1) is 0 Å². The summed E-state index contributed by atoms with van der Waals surface area (Å²) in [5.74, 6) is -3.33. The van der Waals surface area contributed by atoms with Crippen LogP contribution in [0, 0.1) is 10.8 Å². The van der Waals surface area contributed by atoms with Crippen molar-refractivity contribution in [1.29, 1.82) is 0 Å². The molecule has 7 nitrogen and oxygen atoms in total. The van der Waals surface area contributed by atoms with Crippen LogP contribution in [0.1, 0.15) is 41.0 Å². The van der Waals surface area contributed by atoms with Crippen molar-refractivity contribution in [3.05, 3.63) is 11.5 Å². The maximum absolute atomic E-state index is 12.1. The van der Waals surface area contributed by atoms with Crippen molar-refractivity contribution >= 4 is 11.9 Å². The van der Waals surface area contributed by atoms with Crippen LogP contribution < -0.4 is 0 Å².